The largest absolute Gasteiger partial charge is 0.245 e. The Morgan fingerprint density at radius 1 is 1.73 bits per heavy atom. The van der Waals surface area contributed by atoms with Crippen molar-refractivity contribution in [3.8, 4) is 0 Å². The highest BCUT2D eigenvalue weighted by atomic mass is 79.9. The fourth-order valence-electron chi connectivity index (χ4n) is 0.677. The molecule has 0 atom stereocenters. The molecule has 0 N–H and O–H groups in total. The van der Waals surface area contributed by atoms with E-state index in [-0.39, 0.29) is 0 Å². The molecule has 1 rings (SSSR count). The Bertz CT molecular complexity index is 244. The highest BCUT2D eigenvalue weighted by Crippen LogP contribution is 2.03. The Kier molecular flexibility index (Phi) is 3.23. The highest BCUT2D eigenvalue weighted by Gasteiger charge is 1.88. The van der Waals surface area contributed by atoms with Crippen LogP contribution in [-0.2, 0) is 0 Å². The second kappa shape index (κ2) is 4.23. The van der Waals surface area contributed by atoms with Crippen molar-refractivity contribution in [2.24, 2.45) is 0 Å². The van der Waals surface area contributed by atoms with Gasteiger partial charge in [-0.15, -0.1) is 0 Å². The van der Waals surface area contributed by atoms with Crippen LogP contribution in [-0.4, -0.2) is 15.3 Å². The van der Waals surface area contributed by atoms with Crippen molar-refractivity contribution in [1.82, 2.24) is 9.97 Å². The number of allylic oxidation sites excluding steroid dienone is 1. The molecule has 3 heteroatoms. The van der Waals surface area contributed by atoms with Crippen molar-refractivity contribution in [2.75, 3.05) is 5.33 Å². The number of nitrogens with zero attached hydrogens (tertiary/aromatic N) is 2. The molecule has 1 aromatic heterocycles. The third-order valence-corrected chi connectivity index (χ3v) is 2.09. The van der Waals surface area contributed by atoms with Gasteiger partial charge in [0.05, 0.1) is 5.69 Å². The Balaban J connectivity index is 2.79. The fourth-order valence-corrected chi connectivity index (χ4v) is 0.839. The van der Waals surface area contributed by atoms with Crippen LogP contribution < -0.4 is 0 Å². The summed E-state index contributed by atoms with van der Waals surface area (Å²) < 4.78 is 0. The average molecular weight is 213 g/mol. The molecular weight excluding hydrogens is 204 g/mol. The molecule has 0 bridgehead atoms. The smallest absolute Gasteiger partial charge is 0.115 e. The zero-order valence-electron chi connectivity index (χ0n) is 6.29. The van der Waals surface area contributed by atoms with Gasteiger partial charge in [-0.05, 0) is 19.1 Å². The van der Waals surface area contributed by atoms with E-state index in [1.165, 1.54) is 5.57 Å². The Hall–Kier alpha value is -0.700. The highest BCUT2D eigenvalue weighted by molar-refractivity contribution is 9.09. The van der Waals surface area contributed by atoms with E-state index in [0.29, 0.717) is 0 Å². The van der Waals surface area contributed by atoms with Crippen LogP contribution in [0.3, 0.4) is 0 Å². The Labute approximate surface area is 74.5 Å². The molecule has 0 amide bonds. The molecule has 0 radical (unpaired) electrons. The van der Waals surface area contributed by atoms with Crippen molar-refractivity contribution >= 4 is 22.0 Å². The molecule has 0 saturated carbocycles. The summed E-state index contributed by atoms with van der Waals surface area (Å²) in [5, 5.41) is 0.886. The number of aromatic nitrogens is 2. The summed E-state index contributed by atoms with van der Waals surface area (Å²) >= 11 is 3.36. The molecule has 0 spiro atoms. The first-order valence-electron chi connectivity index (χ1n) is 3.32. The van der Waals surface area contributed by atoms with Crippen LogP contribution in [0.15, 0.2) is 24.2 Å². The van der Waals surface area contributed by atoms with Crippen molar-refractivity contribution in [3.05, 3.63) is 29.9 Å². The van der Waals surface area contributed by atoms with Crippen molar-refractivity contribution < 1.29 is 0 Å². The second-order valence-corrected chi connectivity index (χ2v) is 2.82. The topological polar surface area (TPSA) is 25.8 Å². The summed E-state index contributed by atoms with van der Waals surface area (Å²) in [6.45, 7) is 2.05. The summed E-state index contributed by atoms with van der Waals surface area (Å²) in [4.78, 5) is 7.88. The van der Waals surface area contributed by atoms with Crippen LogP contribution in [0.4, 0.5) is 0 Å². The lowest BCUT2D eigenvalue weighted by molar-refractivity contribution is 1.15. The van der Waals surface area contributed by atoms with Gasteiger partial charge in [0.1, 0.15) is 6.33 Å². The van der Waals surface area contributed by atoms with E-state index >= 15 is 0 Å². The van der Waals surface area contributed by atoms with E-state index in [2.05, 4.69) is 32.8 Å². The Morgan fingerprint density at radius 2 is 2.55 bits per heavy atom. The first kappa shape index (κ1) is 8.40. The third kappa shape index (κ3) is 2.80. The molecule has 0 fully saturated rings. The molecule has 0 aliphatic rings. The minimum Gasteiger partial charge on any atom is -0.245 e. The average Bonchev–Trinajstić information content (AvgIpc) is 2.06. The van der Waals surface area contributed by atoms with Crippen molar-refractivity contribution in [1.29, 1.82) is 0 Å². The van der Waals surface area contributed by atoms with Crippen LogP contribution in [0.2, 0.25) is 0 Å². The second-order valence-electron chi connectivity index (χ2n) is 2.26. The van der Waals surface area contributed by atoms with E-state index in [1.807, 2.05) is 12.1 Å². The lowest BCUT2D eigenvalue weighted by Crippen LogP contribution is -1.82. The van der Waals surface area contributed by atoms with E-state index in [1.54, 1.807) is 12.5 Å². The minimum atomic E-state index is 0.886. The molecule has 0 saturated heterocycles. The zero-order valence-corrected chi connectivity index (χ0v) is 7.87. The number of hydrogen-bond donors (Lipinski definition) is 0. The summed E-state index contributed by atoms with van der Waals surface area (Å²) in [6, 6.07) is 1.88. The summed E-state index contributed by atoms with van der Waals surface area (Å²) in [5.74, 6) is 0. The maximum atomic E-state index is 4.06. The van der Waals surface area contributed by atoms with Crippen LogP contribution in [0.25, 0.3) is 6.08 Å². The molecule has 1 aromatic rings. The monoisotopic (exact) mass is 212 g/mol. The lowest BCUT2D eigenvalue weighted by Gasteiger charge is -1.93. The van der Waals surface area contributed by atoms with Gasteiger partial charge in [-0.25, -0.2) is 9.97 Å². The molecule has 0 unspecified atom stereocenters. The van der Waals surface area contributed by atoms with E-state index in [9.17, 15) is 0 Å². The number of rotatable bonds is 2. The van der Waals surface area contributed by atoms with Crippen molar-refractivity contribution in [2.45, 2.75) is 6.92 Å². The van der Waals surface area contributed by atoms with Gasteiger partial charge in [0.2, 0.25) is 0 Å². The molecule has 0 aliphatic carbocycles. The summed E-state index contributed by atoms with van der Waals surface area (Å²) in [7, 11) is 0. The van der Waals surface area contributed by atoms with E-state index < -0.39 is 0 Å². The SMILES string of the molecule is CC(=Cc1ccncn1)CBr. The Morgan fingerprint density at radius 3 is 3.09 bits per heavy atom. The van der Waals surface area contributed by atoms with Crippen LogP contribution in [0.1, 0.15) is 12.6 Å². The first-order chi connectivity index (χ1) is 5.33. The first-order valence-corrected chi connectivity index (χ1v) is 4.44. The van der Waals surface area contributed by atoms with Gasteiger partial charge in [0.15, 0.2) is 0 Å². The maximum Gasteiger partial charge on any atom is 0.115 e. The van der Waals surface area contributed by atoms with Crippen molar-refractivity contribution in [3.63, 3.8) is 0 Å². The standard InChI is InChI=1S/C8H9BrN2/c1-7(5-9)4-8-2-3-10-6-11-8/h2-4,6H,5H2,1H3. The fraction of sp³-hybridized carbons (Fsp3) is 0.250. The van der Waals surface area contributed by atoms with Crippen LogP contribution >= 0.6 is 15.9 Å². The molecule has 58 valence electrons. The number of hydrogen-bond acceptors (Lipinski definition) is 2. The molecule has 2 nitrogen and oxygen atoms in total. The van der Waals surface area contributed by atoms with Crippen LogP contribution in [0, 0.1) is 0 Å². The van der Waals surface area contributed by atoms with Gasteiger partial charge in [-0.2, -0.15) is 0 Å². The zero-order chi connectivity index (χ0) is 8.10. The van der Waals surface area contributed by atoms with Gasteiger partial charge in [0.25, 0.3) is 0 Å². The molecular formula is C8H9BrN2. The molecule has 0 aliphatic heterocycles. The van der Waals surface area contributed by atoms with E-state index in [4.69, 9.17) is 0 Å². The van der Waals surface area contributed by atoms with E-state index in [0.717, 1.165) is 11.0 Å². The van der Waals surface area contributed by atoms with Gasteiger partial charge in [0, 0.05) is 11.5 Å². The number of alkyl halides is 1. The van der Waals surface area contributed by atoms with Crippen LogP contribution in [0.5, 0.6) is 0 Å². The van der Waals surface area contributed by atoms with Gasteiger partial charge < -0.3 is 0 Å². The minimum absolute atomic E-state index is 0.886. The van der Waals surface area contributed by atoms with Gasteiger partial charge in [-0.3, -0.25) is 0 Å². The van der Waals surface area contributed by atoms with Gasteiger partial charge >= 0.3 is 0 Å². The predicted molar refractivity (Wildman–Crippen MR) is 49.5 cm³/mol. The maximum absolute atomic E-state index is 4.06. The normalized spacial score (nSPS) is 11.6. The summed E-state index contributed by atoms with van der Waals surface area (Å²) in [5.41, 5.74) is 2.21. The third-order valence-electron chi connectivity index (χ3n) is 1.21. The van der Waals surface area contributed by atoms with Gasteiger partial charge in [-0.1, -0.05) is 21.5 Å². The summed E-state index contributed by atoms with van der Waals surface area (Å²) in [6.07, 6.45) is 5.31. The number of halogens is 1. The quantitative estimate of drug-likeness (QED) is 0.704. The molecule has 0 aromatic carbocycles. The predicted octanol–water partition coefficient (Wildman–Crippen LogP) is 2.27. The lowest BCUT2D eigenvalue weighted by atomic mass is 10.3. The molecule has 1 heterocycles. The molecule has 11 heavy (non-hydrogen) atoms.